The smallest absolute Gasteiger partial charge is 0.550 e. The van der Waals surface area contributed by atoms with Gasteiger partial charge < -0.3 is 29.7 Å². The Morgan fingerprint density at radius 3 is 0.818 bits per heavy atom. The van der Waals surface area contributed by atoms with E-state index in [0.717, 1.165) is 38.5 Å². The standard InChI is InChI=1S/3C5H10O2.Sb/c3*1-2-3-4-5(6)7;/h3*2-4H2,1H3,(H,6,7);/q;;;+3/p-3. The molecule has 0 N–H and O–H groups in total. The second kappa shape index (κ2) is 25.2. The average Bonchev–Trinajstić information content (AvgIpc) is 2.41. The Hall–Kier alpha value is -0.772. The molecular weight excluding hydrogens is 398 g/mol. The van der Waals surface area contributed by atoms with Gasteiger partial charge in [-0.25, -0.2) is 0 Å². The van der Waals surface area contributed by atoms with Crippen molar-refractivity contribution in [2.45, 2.75) is 78.6 Å². The molecule has 0 aliphatic heterocycles. The van der Waals surface area contributed by atoms with Gasteiger partial charge in [-0.15, -0.1) is 0 Å². The largest absolute Gasteiger partial charge is 3.00 e. The predicted molar refractivity (Wildman–Crippen MR) is 79.4 cm³/mol. The molecule has 0 bridgehead atoms. The first-order chi connectivity index (χ1) is 9.81. The first-order valence-electron chi connectivity index (χ1n) is 7.41. The zero-order valence-electron chi connectivity index (χ0n) is 13.8. The van der Waals surface area contributed by atoms with E-state index >= 15 is 0 Å². The molecule has 0 rings (SSSR count). The van der Waals surface area contributed by atoms with Gasteiger partial charge in [0.05, 0.1) is 0 Å². The number of rotatable bonds is 9. The van der Waals surface area contributed by atoms with Crippen molar-refractivity contribution in [2.24, 2.45) is 0 Å². The van der Waals surface area contributed by atoms with Crippen molar-refractivity contribution in [3.05, 3.63) is 0 Å². The fourth-order valence-corrected chi connectivity index (χ4v) is 0.963. The summed E-state index contributed by atoms with van der Waals surface area (Å²) in [6.45, 7) is 5.84. The van der Waals surface area contributed by atoms with Crippen molar-refractivity contribution in [3.63, 3.8) is 0 Å². The molecule has 0 spiro atoms. The van der Waals surface area contributed by atoms with E-state index in [-0.39, 0.29) is 43.7 Å². The van der Waals surface area contributed by atoms with Crippen molar-refractivity contribution in [1.82, 2.24) is 0 Å². The Labute approximate surface area is 150 Å². The molecule has 0 atom stereocenters. The number of hydrogen-bond acceptors (Lipinski definition) is 6. The van der Waals surface area contributed by atoms with Gasteiger partial charge in [0, 0.05) is 17.9 Å². The minimum Gasteiger partial charge on any atom is -0.550 e. The van der Waals surface area contributed by atoms with E-state index in [2.05, 4.69) is 0 Å². The average molecular weight is 425 g/mol. The van der Waals surface area contributed by atoms with Gasteiger partial charge >= 0.3 is 24.4 Å². The molecule has 0 aromatic rings. The molecule has 0 aliphatic rings. The molecule has 0 aromatic heterocycles. The van der Waals surface area contributed by atoms with Crippen molar-refractivity contribution >= 4 is 42.3 Å². The quantitative estimate of drug-likeness (QED) is 0.455. The zero-order chi connectivity index (χ0) is 17.1. The first kappa shape index (κ1) is 29.3. The summed E-state index contributed by atoms with van der Waals surface area (Å²) in [4.78, 5) is 28.9. The summed E-state index contributed by atoms with van der Waals surface area (Å²) >= 11 is 0. The first-order valence-corrected chi connectivity index (χ1v) is 7.41. The van der Waals surface area contributed by atoms with Gasteiger partial charge in [0.25, 0.3) is 0 Å². The number of aliphatic carboxylic acids is 3. The maximum absolute atomic E-state index is 9.65. The van der Waals surface area contributed by atoms with Crippen LogP contribution in [0.4, 0.5) is 0 Å². The second-order valence-corrected chi connectivity index (χ2v) is 4.43. The van der Waals surface area contributed by atoms with E-state index in [4.69, 9.17) is 0 Å². The van der Waals surface area contributed by atoms with Crippen molar-refractivity contribution in [3.8, 4) is 0 Å². The van der Waals surface area contributed by atoms with Crippen LogP contribution in [-0.4, -0.2) is 42.3 Å². The molecule has 0 amide bonds. The molecule has 0 saturated heterocycles. The minimum atomic E-state index is -0.943. The van der Waals surface area contributed by atoms with Crippen LogP contribution in [0.5, 0.6) is 0 Å². The van der Waals surface area contributed by atoms with Gasteiger partial charge in [-0.2, -0.15) is 0 Å². The maximum Gasteiger partial charge on any atom is 3.00 e. The molecule has 0 aromatic carbocycles. The molecule has 0 heterocycles. The van der Waals surface area contributed by atoms with Crippen LogP contribution in [0.2, 0.25) is 0 Å². The third-order valence-electron chi connectivity index (χ3n) is 2.20. The van der Waals surface area contributed by atoms with Crippen molar-refractivity contribution in [1.29, 1.82) is 0 Å². The topological polar surface area (TPSA) is 120 Å². The molecule has 7 heteroatoms. The van der Waals surface area contributed by atoms with Crippen molar-refractivity contribution < 1.29 is 29.7 Å². The Balaban J connectivity index is -0.000000108. The number of carboxylic acids is 3. The number of unbranched alkanes of at least 4 members (excludes halogenated alkanes) is 3. The van der Waals surface area contributed by atoms with Crippen LogP contribution in [-0.2, 0) is 14.4 Å². The number of carboxylic acid groups (broad SMARTS) is 3. The molecule has 0 aliphatic carbocycles. The summed E-state index contributed by atoms with van der Waals surface area (Å²) in [7, 11) is 0. The van der Waals surface area contributed by atoms with E-state index in [1.54, 1.807) is 0 Å². The summed E-state index contributed by atoms with van der Waals surface area (Å²) < 4.78 is 0. The summed E-state index contributed by atoms with van der Waals surface area (Å²) in [5.74, 6) is -2.83. The van der Waals surface area contributed by atoms with Crippen molar-refractivity contribution in [2.75, 3.05) is 0 Å². The van der Waals surface area contributed by atoms with Gasteiger partial charge in [-0.1, -0.05) is 40.0 Å². The maximum atomic E-state index is 9.65. The van der Waals surface area contributed by atoms with Crippen LogP contribution >= 0.6 is 0 Å². The molecule has 128 valence electrons. The minimum absolute atomic E-state index is 0. The van der Waals surface area contributed by atoms with Crippen LogP contribution in [0, 0.1) is 0 Å². The summed E-state index contributed by atoms with van der Waals surface area (Å²) in [5.41, 5.74) is 0. The van der Waals surface area contributed by atoms with E-state index in [0.29, 0.717) is 0 Å². The van der Waals surface area contributed by atoms with Crippen LogP contribution < -0.4 is 15.3 Å². The van der Waals surface area contributed by atoms with Gasteiger partial charge in [0.15, 0.2) is 0 Å². The Morgan fingerprint density at radius 2 is 0.773 bits per heavy atom. The second-order valence-electron chi connectivity index (χ2n) is 4.43. The van der Waals surface area contributed by atoms with Gasteiger partial charge in [-0.05, 0) is 38.5 Å². The monoisotopic (exact) mass is 424 g/mol. The summed E-state index contributed by atoms with van der Waals surface area (Å²) in [6, 6.07) is 0. The number of carbonyl (C=O) groups is 3. The van der Waals surface area contributed by atoms with E-state index in [1.165, 1.54) is 0 Å². The van der Waals surface area contributed by atoms with Crippen LogP contribution in [0.3, 0.4) is 0 Å². The van der Waals surface area contributed by atoms with Crippen LogP contribution in [0.1, 0.15) is 78.6 Å². The Bertz CT molecular complexity index is 226. The molecule has 22 heavy (non-hydrogen) atoms. The fraction of sp³-hybridized carbons (Fsp3) is 0.800. The molecule has 2 radical (unpaired) electrons. The Kier molecular flexibility index (Phi) is 33.5. The zero-order valence-corrected chi connectivity index (χ0v) is 16.3. The van der Waals surface area contributed by atoms with Gasteiger partial charge in [0.1, 0.15) is 0 Å². The van der Waals surface area contributed by atoms with Gasteiger partial charge in [0.2, 0.25) is 0 Å². The molecule has 6 nitrogen and oxygen atoms in total. The van der Waals surface area contributed by atoms with E-state index in [1.807, 2.05) is 20.8 Å². The predicted octanol–water partition coefficient (Wildman–Crippen LogP) is -0.601. The molecule has 0 fully saturated rings. The molecular formula is C15H27O6Sb. The SMILES string of the molecule is CCCCC(=O)[O-].CCCCC(=O)[O-].CCCCC(=O)[O-].[Sb+3]. The van der Waals surface area contributed by atoms with Gasteiger partial charge in [-0.3, -0.25) is 0 Å². The van der Waals surface area contributed by atoms with Crippen LogP contribution in [0.25, 0.3) is 0 Å². The summed E-state index contributed by atoms with van der Waals surface area (Å²) in [5, 5.41) is 28.9. The van der Waals surface area contributed by atoms with E-state index in [9.17, 15) is 29.7 Å². The van der Waals surface area contributed by atoms with Crippen LogP contribution in [0.15, 0.2) is 0 Å². The number of carbonyl (C=O) groups excluding carboxylic acids is 3. The normalized spacial score (nSPS) is 8.32. The molecule has 0 unspecified atom stereocenters. The third kappa shape index (κ3) is 50.7. The third-order valence-corrected chi connectivity index (χ3v) is 2.20. The molecule has 0 saturated carbocycles. The Morgan fingerprint density at radius 1 is 0.591 bits per heavy atom. The summed E-state index contributed by atoms with van der Waals surface area (Å²) in [6.07, 6.45) is 5.60. The fourth-order valence-electron chi connectivity index (χ4n) is 0.963. The number of hydrogen-bond donors (Lipinski definition) is 0. The van der Waals surface area contributed by atoms with E-state index < -0.39 is 17.9 Å².